The van der Waals surface area contributed by atoms with Gasteiger partial charge in [-0.15, -0.1) is 0 Å². The highest BCUT2D eigenvalue weighted by atomic mass is 28.4. The topological polar surface area (TPSA) is 27.7 Å². The third kappa shape index (κ3) is 6.25. The van der Waals surface area contributed by atoms with Gasteiger partial charge in [-0.3, -0.25) is 0 Å². The summed E-state index contributed by atoms with van der Waals surface area (Å²) >= 11 is 0. The van der Waals surface area contributed by atoms with E-state index in [-0.39, 0.29) is 29.9 Å². The molecule has 0 N–H and O–H groups in total. The molecular formula is C16H25F3O3Si. The summed E-state index contributed by atoms with van der Waals surface area (Å²) in [6.45, 7) is 10.8. The molecule has 0 fully saturated rings. The van der Waals surface area contributed by atoms with Gasteiger partial charge in [0.15, 0.2) is 0 Å². The molecule has 0 saturated heterocycles. The van der Waals surface area contributed by atoms with Crippen molar-refractivity contribution in [3.05, 3.63) is 35.1 Å². The van der Waals surface area contributed by atoms with E-state index in [0.29, 0.717) is 12.1 Å². The Morgan fingerprint density at radius 1 is 0.783 bits per heavy atom. The molecule has 0 atom stereocenters. The van der Waals surface area contributed by atoms with Crippen molar-refractivity contribution in [1.82, 2.24) is 0 Å². The fourth-order valence-corrected chi connectivity index (χ4v) is 5.59. The molecule has 0 spiro atoms. The first-order chi connectivity index (χ1) is 10.5. The summed E-state index contributed by atoms with van der Waals surface area (Å²) in [5.41, 5.74) is -0.278. The molecule has 7 heteroatoms. The lowest BCUT2D eigenvalue weighted by Gasteiger charge is -2.34. The molecule has 0 amide bonds. The Hall–Kier alpha value is -0.893. The van der Waals surface area contributed by atoms with Crippen molar-refractivity contribution in [2.45, 2.75) is 65.9 Å². The van der Waals surface area contributed by atoms with Crippen LogP contribution < -0.4 is 0 Å². The van der Waals surface area contributed by atoms with Crippen LogP contribution in [-0.4, -0.2) is 27.1 Å². The second-order valence-corrected chi connectivity index (χ2v) is 8.63. The largest absolute Gasteiger partial charge is 0.506 e. The van der Waals surface area contributed by atoms with Crippen LogP contribution in [0.3, 0.4) is 0 Å². The Labute approximate surface area is 137 Å². The second kappa shape index (κ2) is 8.28. The first-order valence-electron chi connectivity index (χ1n) is 7.71. The molecule has 1 rings (SSSR count). The third-order valence-corrected chi connectivity index (χ3v) is 6.02. The summed E-state index contributed by atoms with van der Waals surface area (Å²) < 4.78 is 58.8. The first-order valence-corrected chi connectivity index (χ1v) is 9.64. The van der Waals surface area contributed by atoms with Crippen LogP contribution in [0.5, 0.6) is 0 Å². The maximum atomic E-state index is 14.0. The van der Waals surface area contributed by atoms with Crippen molar-refractivity contribution in [3.8, 4) is 0 Å². The van der Waals surface area contributed by atoms with Crippen LogP contribution in [0.1, 0.15) is 47.1 Å². The van der Waals surface area contributed by atoms with E-state index < -0.39 is 26.3 Å². The fourth-order valence-electron chi connectivity index (χ4n) is 2.24. The Morgan fingerprint density at radius 3 is 1.43 bits per heavy atom. The number of hydrogen-bond donors (Lipinski definition) is 0. The van der Waals surface area contributed by atoms with Crippen molar-refractivity contribution in [2.24, 2.45) is 0 Å². The van der Waals surface area contributed by atoms with Gasteiger partial charge in [-0.25, -0.2) is 13.2 Å². The Morgan fingerprint density at radius 2 is 1.13 bits per heavy atom. The highest BCUT2D eigenvalue weighted by molar-refractivity contribution is 6.60. The van der Waals surface area contributed by atoms with Gasteiger partial charge >= 0.3 is 8.80 Å². The zero-order valence-corrected chi connectivity index (χ0v) is 15.5. The van der Waals surface area contributed by atoms with Gasteiger partial charge < -0.3 is 13.3 Å². The number of rotatable bonds is 8. The van der Waals surface area contributed by atoms with Crippen LogP contribution in [0.2, 0.25) is 0 Å². The number of benzene rings is 1. The number of hydrogen-bond acceptors (Lipinski definition) is 3. The van der Waals surface area contributed by atoms with Gasteiger partial charge in [0.05, 0.1) is 0 Å². The molecule has 0 saturated carbocycles. The summed E-state index contributed by atoms with van der Waals surface area (Å²) in [4.78, 5) is 0. The minimum atomic E-state index is -3.41. The van der Waals surface area contributed by atoms with E-state index in [4.69, 9.17) is 13.3 Å². The highest BCUT2D eigenvalue weighted by Gasteiger charge is 2.45. The average molecular weight is 350 g/mol. The van der Waals surface area contributed by atoms with E-state index in [1.165, 1.54) is 0 Å². The molecule has 0 bridgehead atoms. The summed E-state index contributed by atoms with van der Waals surface area (Å²) in [6, 6.07) is 1.11. The maximum Gasteiger partial charge on any atom is 0.506 e. The van der Waals surface area contributed by atoms with Gasteiger partial charge in [-0.1, -0.05) is 0 Å². The van der Waals surface area contributed by atoms with E-state index in [2.05, 4.69) is 0 Å². The summed E-state index contributed by atoms with van der Waals surface area (Å²) in [6.07, 6.45) is -0.734. The monoisotopic (exact) mass is 350 g/mol. The van der Waals surface area contributed by atoms with Gasteiger partial charge in [-0.2, -0.15) is 0 Å². The van der Waals surface area contributed by atoms with Gasteiger partial charge in [0, 0.05) is 42.1 Å². The van der Waals surface area contributed by atoms with Crippen molar-refractivity contribution in [2.75, 3.05) is 0 Å². The lowest BCUT2D eigenvalue weighted by Crippen LogP contribution is -2.53. The SMILES string of the molecule is CC(C)O[Si](Cc1c(F)cc(F)cc1F)(OC(C)C)OC(C)C. The van der Waals surface area contributed by atoms with Gasteiger partial charge in [-0.05, 0) is 41.5 Å². The quantitative estimate of drug-likeness (QED) is 0.651. The van der Waals surface area contributed by atoms with E-state index >= 15 is 0 Å². The predicted octanol–water partition coefficient (Wildman–Crippen LogP) is 4.40. The van der Waals surface area contributed by atoms with Crippen molar-refractivity contribution < 1.29 is 26.4 Å². The van der Waals surface area contributed by atoms with Crippen LogP contribution in [-0.2, 0) is 19.3 Å². The molecular weight excluding hydrogens is 325 g/mol. The van der Waals surface area contributed by atoms with Crippen molar-refractivity contribution >= 4 is 8.80 Å². The standard InChI is InChI=1S/C16H25F3O3Si/c1-10(2)20-23(21-11(3)4,22-12(5)6)9-14-15(18)7-13(17)8-16(14)19/h7-8,10-12H,9H2,1-6H3. The normalized spacial score (nSPS) is 12.7. The van der Waals surface area contributed by atoms with E-state index in [0.717, 1.165) is 0 Å². The van der Waals surface area contributed by atoms with Crippen molar-refractivity contribution in [1.29, 1.82) is 0 Å². The van der Waals surface area contributed by atoms with Crippen LogP contribution in [0.25, 0.3) is 0 Å². The highest BCUT2D eigenvalue weighted by Crippen LogP contribution is 2.26. The molecule has 0 unspecified atom stereocenters. The van der Waals surface area contributed by atoms with Crippen LogP contribution >= 0.6 is 0 Å². The summed E-state index contributed by atoms with van der Waals surface area (Å²) in [5.74, 6) is -2.90. The molecule has 0 aliphatic rings. The first kappa shape index (κ1) is 20.2. The molecule has 132 valence electrons. The zero-order valence-electron chi connectivity index (χ0n) is 14.5. The molecule has 1 aromatic rings. The third-order valence-electron chi connectivity index (χ3n) is 2.74. The molecule has 0 aliphatic heterocycles. The summed E-state index contributed by atoms with van der Waals surface area (Å²) in [7, 11) is -3.41. The van der Waals surface area contributed by atoms with Crippen LogP contribution in [0.15, 0.2) is 12.1 Å². The number of halogens is 3. The maximum absolute atomic E-state index is 14.0. The zero-order chi connectivity index (χ0) is 17.8. The molecule has 1 aromatic carbocycles. The molecule has 0 aliphatic carbocycles. The van der Waals surface area contributed by atoms with E-state index in [9.17, 15) is 13.2 Å². The summed E-state index contributed by atoms with van der Waals surface area (Å²) in [5, 5.41) is 0. The van der Waals surface area contributed by atoms with Crippen molar-refractivity contribution in [3.63, 3.8) is 0 Å². The lowest BCUT2D eigenvalue weighted by atomic mass is 10.2. The Kier molecular flexibility index (Phi) is 7.25. The lowest BCUT2D eigenvalue weighted by molar-refractivity contribution is 0.00195. The predicted molar refractivity (Wildman–Crippen MR) is 84.4 cm³/mol. The smallest absolute Gasteiger partial charge is 0.371 e. The molecule has 23 heavy (non-hydrogen) atoms. The average Bonchev–Trinajstić information content (AvgIpc) is 2.30. The fraction of sp³-hybridized carbons (Fsp3) is 0.625. The Bertz CT molecular complexity index is 472. The van der Waals surface area contributed by atoms with Gasteiger partial charge in [0.25, 0.3) is 0 Å². The molecule has 0 heterocycles. The second-order valence-electron chi connectivity index (χ2n) is 6.21. The van der Waals surface area contributed by atoms with Gasteiger partial charge in [0.1, 0.15) is 17.5 Å². The van der Waals surface area contributed by atoms with Crippen LogP contribution in [0, 0.1) is 17.5 Å². The Balaban J connectivity index is 3.27. The molecule has 3 nitrogen and oxygen atoms in total. The minimum absolute atomic E-state index is 0.195. The van der Waals surface area contributed by atoms with Gasteiger partial charge in [0.2, 0.25) is 0 Å². The van der Waals surface area contributed by atoms with Crippen LogP contribution in [0.4, 0.5) is 13.2 Å². The minimum Gasteiger partial charge on any atom is -0.371 e. The molecule has 0 radical (unpaired) electrons. The molecule has 0 aromatic heterocycles. The van der Waals surface area contributed by atoms with E-state index in [1.54, 1.807) is 41.5 Å². The van der Waals surface area contributed by atoms with E-state index in [1.807, 2.05) is 0 Å².